The number of amides is 1. The van der Waals surface area contributed by atoms with Gasteiger partial charge in [0.1, 0.15) is 5.75 Å². The van der Waals surface area contributed by atoms with Crippen molar-refractivity contribution in [1.82, 2.24) is 4.98 Å². The summed E-state index contributed by atoms with van der Waals surface area (Å²) in [7, 11) is 0. The standard InChI is InChI=1S/C22H24N2O2S/c1-5-17-6-8-18(9-7-17)19-13-27-22(23-19)24-21(25)12-26-20-11-14(2)10-15(3)16(20)4/h6-11,13H,5,12H2,1-4H3,(H,23,24,25). The van der Waals surface area contributed by atoms with Crippen molar-refractivity contribution in [3.8, 4) is 17.0 Å². The molecule has 0 fully saturated rings. The maximum atomic E-state index is 12.2. The molecular formula is C22H24N2O2S. The molecule has 0 aliphatic heterocycles. The number of nitrogens with one attached hydrogen (secondary N) is 1. The molecule has 1 N–H and O–H groups in total. The molecule has 27 heavy (non-hydrogen) atoms. The van der Waals surface area contributed by atoms with Crippen LogP contribution in [0.4, 0.5) is 5.13 Å². The maximum Gasteiger partial charge on any atom is 0.264 e. The Bertz CT molecular complexity index is 945. The highest BCUT2D eigenvalue weighted by molar-refractivity contribution is 7.14. The third kappa shape index (κ3) is 4.74. The third-order valence-corrected chi connectivity index (χ3v) is 5.29. The predicted octanol–water partition coefficient (Wildman–Crippen LogP) is 5.32. The lowest BCUT2D eigenvalue weighted by Gasteiger charge is -2.11. The number of carbonyl (C=O) groups is 1. The van der Waals surface area contributed by atoms with E-state index in [2.05, 4.69) is 47.6 Å². The van der Waals surface area contributed by atoms with Gasteiger partial charge in [0.2, 0.25) is 0 Å². The highest BCUT2D eigenvalue weighted by atomic mass is 32.1. The average molecular weight is 381 g/mol. The van der Waals surface area contributed by atoms with Gasteiger partial charge in [-0.05, 0) is 55.5 Å². The lowest BCUT2D eigenvalue weighted by atomic mass is 10.1. The summed E-state index contributed by atoms with van der Waals surface area (Å²) < 4.78 is 5.71. The van der Waals surface area contributed by atoms with Crippen molar-refractivity contribution in [3.05, 3.63) is 64.0 Å². The fourth-order valence-corrected chi connectivity index (χ4v) is 3.56. The van der Waals surface area contributed by atoms with Crippen molar-refractivity contribution in [1.29, 1.82) is 0 Å². The van der Waals surface area contributed by atoms with Gasteiger partial charge < -0.3 is 4.74 Å². The van der Waals surface area contributed by atoms with E-state index in [1.165, 1.54) is 16.9 Å². The summed E-state index contributed by atoms with van der Waals surface area (Å²) in [6.45, 7) is 8.15. The highest BCUT2D eigenvalue weighted by Gasteiger charge is 2.10. The molecule has 0 atom stereocenters. The first-order valence-electron chi connectivity index (χ1n) is 9.01. The zero-order valence-electron chi connectivity index (χ0n) is 16.1. The van der Waals surface area contributed by atoms with Gasteiger partial charge in [0.15, 0.2) is 11.7 Å². The first-order valence-corrected chi connectivity index (χ1v) is 9.89. The lowest BCUT2D eigenvalue weighted by molar-refractivity contribution is -0.118. The molecule has 0 aliphatic rings. The van der Waals surface area contributed by atoms with Crippen molar-refractivity contribution in [2.24, 2.45) is 0 Å². The minimum absolute atomic E-state index is 0.0379. The van der Waals surface area contributed by atoms with Crippen molar-refractivity contribution in [2.45, 2.75) is 34.1 Å². The molecule has 0 bridgehead atoms. The Kier molecular flexibility index (Phi) is 5.91. The normalized spacial score (nSPS) is 10.7. The van der Waals surface area contributed by atoms with Gasteiger partial charge in [-0.3, -0.25) is 10.1 Å². The molecule has 4 nitrogen and oxygen atoms in total. The number of benzene rings is 2. The zero-order chi connectivity index (χ0) is 19.4. The number of nitrogens with zero attached hydrogens (tertiary/aromatic N) is 1. The molecule has 2 aromatic carbocycles. The quantitative estimate of drug-likeness (QED) is 0.630. The summed E-state index contributed by atoms with van der Waals surface area (Å²) >= 11 is 1.41. The Morgan fingerprint density at radius 1 is 1.15 bits per heavy atom. The Labute approximate surface area is 164 Å². The van der Waals surface area contributed by atoms with E-state index in [-0.39, 0.29) is 12.5 Å². The van der Waals surface area contributed by atoms with Crippen LogP contribution < -0.4 is 10.1 Å². The molecule has 0 radical (unpaired) electrons. The van der Waals surface area contributed by atoms with Crippen LogP contribution in [0.1, 0.15) is 29.2 Å². The van der Waals surface area contributed by atoms with Crippen LogP contribution in [0.25, 0.3) is 11.3 Å². The second-order valence-corrected chi connectivity index (χ2v) is 7.49. The molecule has 0 aliphatic carbocycles. The van der Waals surface area contributed by atoms with Crippen LogP contribution in [-0.4, -0.2) is 17.5 Å². The molecule has 1 amide bonds. The van der Waals surface area contributed by atoms with E-state index in [9.17, 15) is 4.79 Å². The van der Waals surface area contributed by atoms with Crippen LogP contribution in [-0.2, 0) is 11.2 Å². The van der Waals surface area contributed by atoms with Gasteiger partial charge >= 0.3 is 0 Å². The summed E-state index contributed by atoms with van der Waals surface area (Å²) in [5.74, 6) is 0.536. The lowest BCUT2D eigenvalue weighted by Crippen LogP contribution is -2.20. The first-order chi connectivity index (χ1) is 13.0. The van der Waals surface area contributed by atoms with Crippen LogP contribution in [0.5, 0.6) is 5.75 Å². The summed E-state index contributed by atoms with van der Waals surface area (Å²) in [6, 6.07) is 12.4. The SMILES string of the molecule is CCc1ccc(-c2csc(NC(=O)COc3cc(C)cc(C)c3C)n2)cc1. The van der Waals surface area contributed by atoms with E-state index in [0.29, 0.717) is 5.13 Å². The van der Waals surface area contributed by atoms with Gasteiger partial charge in [-0.2, -0.15) is 0 Å². The van der Waals surface area contributed by atoms with Crippen LogP contribution in [0.3, 0.4) is 0 Å². The fraction of sp³-hybridized carbons (Fsp3) is 0.273. The van der Waals surface area contributed by atoms with Crippen LogP contribution in [0.15, 0.2) is 41.8 Å². The van der Waals surface area contributed by atoms with Crippen molar-refractivity contribution >= 4 is 22.4 Å². The number of rotatable bonds is 6. The molecule has 140 valence electrons. The molecule has 1 aromatic heterocycles. The Morgan fingerprint density at radius 2 is 1.89 bits per heavy atom. The van der Waals surface area contributed by atoms with Gasteiger partial charge in [-0.25, -0.2) is 4.98 Å². The number of thiazole rings is 1. The molecule has 0 unspecified atom stereocenters. The second kappa shape index (κ2) is 8.35. The van der Waals surface area contributed by atoms with Crippen LogP contribution >= 0.6 is 11.3 Å². The van der Waals surface area contributed by atoms with Crippen molar-refractivity contribution in [3.63, 3.8) is 0 Å². The van der Waals surface area contributed by atoms with E-state index in [1.54, 1.807) is 0 Å². The predicted molar refractivity (Wildman–Crippen MR) is 112 cm³/mol. The number of hydrogen-bond acceptors (Lipinski definition) is 4. The molecule has 0 spiro atoms. The maximum absolute atomic E-state index is 12.2. The third-order valence-electron chi connectivity index (χ3n) is 4.53. The van der Waals surface area contributed by atoms with Gasteiger partial charge in [0.05, 0.1) is 5.69 Å². The molecule has 3 rings (SSSR count). The Balaban J connectivity index is 1.61. The Morgan fingerprint density at radius 3 is 2.59 bits per heavy atom. The molecule has 5 heteroatoms. The van der Waals surface area contributed by atoms with Gasteiger partial charge in [0, 0.05) is 10.9 Å². The molecule has 1 heterocycles. The number of ether oxygens (including phenoxy) is 1. The molecule has 3 aromatic rings. The van der Waals surface area contributed by atoms with Crippen LogP contribution in [0, 0.1) is 20.8 Å². The van der Waals surface area contributed by atoms with E-state index in [4.69, 9.17) is 4.74 Å². The van der Waals surface area contributed by atoms with Crippen molar-refractivity contribution < 1.29 is 9.53 Å². The average Bonchev–Trinajstić information content (AvgIpc) is 3.12. The number of aromatic nitrogens is 1. The summed E-state index contributed by atoms with van der Waals surface area (Å²) in [5.41, 5.74) is 6.54. The van der Waals surface area contributed by atoms with Gasteiger partial charge in [-0.15, -0.1) is 11.3 Å². The Hall–Kier alpha value is -2.66. The largest absolute Gasteiger partial charge is 0.483 e. The number of aryl methyl sites for hydroxylation is 3. The van der Waals surface area contributed by atoms with E-state index in [0.717, 1.165) is 40.1 Å². The van der Waals surface area contributed by atoms with E-state index < -0.39 is 0 Å². The smallest absolute Gasteiger partial charge is 0.264 e. The van der Waals surface area contributed by atoms with E-state index in [1.807, 2.05) is 32.2 Å². The molecule has 0 saturated heterocycles. The topological polar surface area (TPSA) is 51.2 Å². The number of anilines is 1. The fourth-order valence-electron chi connectivity index (χ4n) is 2.82. The monoisotopic (exact) mass is 380 g/mol. The van der Waals surface area contributed by atoms with Gasteiger partial charge in [-0.1, -0.05) is 37.3 Å². The molecular weight excluding hydrogens is 356 g/mol. The number of hydrogen-bond donors (Lipinski definition) is 1. The summed E-state index contributed by atoms with van der Waals surface area (Å²) in [5, 5.41) is 5.35. The molecule has 0 saturated carbocycles. The minimum Gasteiger partial charge on any atom is -0.483 e. The summed E-state index contributed by atoms with van der Waals surface area (Å²) in [4.78, 5) is 16.7. The highest BCUT2D eigenvalue weighted by Crippen LogP contribution is 2.26. The second-order valence-electron chi connectivity index (χ2n) is 6.63. The van der Waals surface area contributed by atoms with Crippen molar-refractivity contribution in [2.75, 3.05) is 11.9 Å². The van der Waals surface area contributed by atoms with Crippen LogP contribution in [0.2, 0.25) is 0 Å². The van der Waals surface area contributed by atoms with E-state index >= 15 is 0 Å². The first kappa shape index (κ1) is 19.1. The number of carbonyl (C=O) groups excluding carboxylic acids is 1. The summed E-state index contributed by atoms with van der Waals surface area (Å²) in [6.07, 6.45) is 1.01. The zero-order valence-corrected chi connectivity index (χ0v) is 16.9. The van der Waals surface area contributed by atoms with Gasteiger partial charge in [0.25, 0.3) is 5.91 Å². The minimum atomic E-state index is -0.212.